The summed E-state index contributed by atoms with van der Waals surface area (Å²) in [5, 5.41) is 3.55. The van der Waals surface area contributed by atoms with Gasteiger partial charge in [-0.1, -0.05) is 121 Å². The van der Waals surface area contributed by atoms with Crippen LogP contribution in [0.15, 0.2) is 174 Å². The number of rotatable bonds is 6. The molecule has 3 aromatic heterocycles. The van der Waals surface area contributed by atoms with Gasteiger partial charge in [-0.2, -0.15) is 0 Å². The van der Waals surface area contributed by atoms with E-state index in [4.69, 9.17) is 14.4 Å². The molecular formula is C52H35N3O. The number of nitrogens with zero attached hydrogens (tertiary/aromatic N) is 3. The van der Waals surface area contributed by atoms with Crippen molar-refractivity contribution < 1.29 is 4.42 Å². The van der Waals surface area contributed by atoms with Crippen molar-refractivity contribution in [2.45, 2.75) is 25.7 Å². The van der Waals surface area contributed by atoms with Crippen LogP contribution in [0.1, 0.15) is 42.0 Å². The molecule has 0 aliphatic heterocycles. The Labute approximate surface area is 324 Å². The topological polar surface area (TPSA) is 43.9 Å². The first kappa shape index (κ1) is 32.2. The summed E-state index contributed by atoms with van der Waals surface area (Å²) in [6.07, 6.45) is 21.0. The van der Waals surface area contributed by atoms with E-state index in [0.717, 1.165) is 109 Å². The van der Waals surface area contributed by atoms with E-state index in [-0.39, 0.29) is 0 Å². The Morgan fingerprint density at radius 1 is 0.625 bits per heavy atom. The molecule has 0 unspecified atom stereocenters. The quantitative estimate of drug-likeness (QED) is 0.161. The van der Waals surface area contributed by atoms with E-state index >= 15 is 0 Å². The third kappa shape index (κ3) is 5.32. The number of fused-ring (bicyclic) bond motifs is 7. The van der Waals surface area contributed by atoms with Crippen molar-refractivity contribution in [2.75, 3.05) is 0 Å². The standard InChI is InChI=1S/C52H35N3O/c1-5-17-34(18-6-1)42-31-38(52-53-44(36-21-9-3-10-22-36)33-45(54-52)37-23-11-4-12-24-37)32-43(35-19-7-2-8-20-35)50(42)55-46-27-15-13-25-39(46)40-29-30-48-49(51(40)55)41-26-14-16-28-47(41)56-48/h1-2,5-9,11,13-15,17-27,29-33H,3,10,16,28H2. The van der Waals surface area contributed by atoms with E-state index in [9.17, 15) is 0 Å². The fourth-order valence-electron chi connectivity index (χ4n) is 8.58. The van der Waals surface area contributed by atoms with Gasteiger partial charge in [-0.15, -0.1) is 0 Å². The van der Waals surface area contributed by atoms with E-state index in [0.29, 0.717) is 5.82 Å². The Balaban J connectivity index is 1.28. The van der Waals surface area contributed by atoms with Crippen molar-refractivity contribution >= 4 is 50.0 Å². The van der Waals surface area contributed by atoms with Gasteiger partial charge in [-0.25, -0.2) is 9.97 Å². The fraction of sp³-hybridized carbons (Fsp3) is 0.0769. The molecule has 3 aliphatic carbocycles. The lowest BCUT2D eigenvalue weighted by molar-refractivity contribution is 0.546. The first-order valence-electron chi connectivity index (χ1n) is 19.4. The molecule has 11 rings (SSSR count). The van der Waals surface area contributed by atoms with Gasteiger partial charge in [-0.3, -0.25) is 0 Å². The zero-order chi connectivity index (χ0) is 37.0. The van der Waals surface area contributed by atoms with Crippen LogP contribution in [0.5, 0.6) is 0 Å². The number of aryl methyl sites for hydroxylation is 1. The predicted molar refractivity (Wildman–Crippen MR) is 230 cm³/mol. The molecule has 4 nitrogen and oxygen atoms in total. The highest BCUT2D eigenvalue weighted by Gasteiger charge is 2.26. The lowest BCUT2D eigenvalue weighted by Crippen LogP contribution is -2.04. The van der Waals surface area contributed by atoms with Crippen molar-refractivity contribution in [1.82, 2.24) is 14.5 Å². The van der Waals surface area contributed by atoms with Crippen LogP contribution < -0.4 is 0 Å². The summed E-state index contributed by atoms with van der Waals surface area (Å²) in [5.74, 6) is 1.73. The van der Waals surface area contributed by atoms with Crippen molar-refractivity contribution in [1.29, 1.82) is 0 Å². The summed E-state index contributed by atoms with van der Waals surface area (Å²) in [5.41, 5.74) is 20.8. The molecule has 3 aliphatic rings. The maximum absolute atomic E-state index is 6.61. The molecule has 0 bridgehead atoms. The van der Waals surface area contributed by atoms with Crippen LogP contribution in [-0.4, -0.2) is 14.5 Å². The van der Waals surface area contributed by atoms with Crippen LogP contribution in [0.3, 0.4) is 0 Å². The SMILES string of the molecule is C1=C=CC(c2cc(C3=CCCC=C3)nc(-c3cc(-c4ccccc4)c(-n4c5ccccc5c5ccc6oc7c(c6c54)C=CCC7)c(-c4ccccc4)c3)n2)=CC=1. The van der Waals surface area contributed by atoms with Crippen LogP contribution in [0.4, 0.5) is 0 Å². The molecule has 8 aromatic rings. The lowest BCUT2D eigenvalue weighted by Gasteiger charge is -2.21. The monoisotopic (exact) mass is 717 g/mol. The molecule has 0 atom stereocenters. The second kappa shape index (κ2) is 13.3. The fourth-order valence-corrected chi connectivity index (χ4v) is 8.58. The average molecular weight is 718 g/mol. The minimum Gasteiger partial charge on any atom is -0.460 e. The molecule has 5 aromatic carbocycles. The maximum atomic E-state index is 6.61. The number of hydrogen-bond acceptors (Lipinski definition) is 3. The first-order valence-corrected chi connectivity index (χ1v) is 19.4. The average Bonchev–Trinajstić information content (AvgIpc) is 3.83. The summed E-state index contributed by atoms with van der Waals surface area (Å²) in [4.78, 5) is 10.6. The van der Waals surface area contributed by atoms with Gasteiger partial charge in [0.2, 0.25) is 0 Å². The molecule has 0 saturated heterocycles. The Morgan fingerprint density at radius 2 is 1.36 bits per heavy atom. The summed E-state index contributed by atoms with van der Waals surface area (Å²) < 4.78 is 9.10. The van der Waals surface area contributed by atoms with E-state index in [1.165, 1.54) is 16.3 Å². The zero-order valence-corrected chi connectivity index (χ0v) is 30.7. The smallest absolute Gasteiger partial charge is 0.160 e. The van der Waals surface area contributed by atoms with Crippen LogP contribution >= 0.6 is 0 Å². The Hall–Kier alpha value is -7.22. The number of para-hydroxylation sites is 1. The molecule has 0 radical (unpaired) electrons. The summed E-state index contributed by atoms with van der Waals surface area (Å²) in [6.45, 7) is 0. The minimum absolute atomic E-state index is 0.671. The molecule has 4 heteroatoms. The zero-order valence-electron chi connectivity index (χ0n) is 30.7. The van der Waals surface area contributed by atoms with Gasteiger partial charge < -0.3 is 8.98 Å². The first-order chi connectivity index (χ1) is 27.8. The van der Waals surface area contributed by atoms with Gasteiger partial charge in [0.25, 0.3) is 0 Å². The molecule has 0 fully saturated rings. The van der Waals surface area contributed by atoms with Crippen LogP contribution in [-0.2, 0) is 6.42 Å². The summed E-state index contributed by atoms with van der Waals surface area (Å²) >= 11 is 0. The highest BCUT2D eigenvalue weighted by atomic mass is 16.3. The lowest BCUT2D eigenvalue weighted by atomic mass is 9.92. The second-order valence-electron chi connectivity index (χ2n) is 14.5. The largest absolute Gasteiger partial charge is 0.460 e. The van der Waals surface area contributed by atoms with E-state index in [1.54, 1.807) is 0 Å². The number of aromatic nitrogens is 3. The van der Waals surface area contributed by atoms with Gasteiger partial charge >= 0.3 is 0 Å². The van der Waals surface area contributed by atoms with Crippen molar-refractivity contribution in [3.63, 3.8) is 0 Å². The third-order valence-corrected chi connectivity index (χ3v) is 11.2. The second-order valence-corrected chi connectivity index (χ2v) is 14.5. The van der Waals surface area contributed by atoms with E-state index in [1.807, 2.05) is 18.2 Å². The van der Waals surface area contributed by atoms with Gasteiger partial charge in [0.05, 0.1) is 33.5 Å². The van der Waals surface area contributed by atoms with Gasteiger partial charge in [0, 0.05) is 45.0 Å². The molecule has 0 spiro atoms. The molecule has 264 valence electrons. The van der Waals surface area contributed by atoms with E-state index in [2.05, 4.69) is 162 Å². The number of furan rings is 1. The number of hydrogen-bond donors (Lipinski definition) is 0. The molecule has 3 heterocycles. The van der Waals surface area contributed by atoms with Crippen molar-refractivity contribution in [2.24, 2.45) is 0 Å². The van der Waals surface area contributed by atoms with Gasteiger partial charge in [0.15, 0.2) is 5.82 Å². The van der Waals surface area contributed by atoms with Gasteiger partial charge in [0.1, 0.15) is 11.3 Å². The van der Waals surface area contributed by atoms with Crippen molar-refractivity contribution in [3.8, 4) is 39.3 Å². The van der Waals surface area contributed by atoms with E-state index < -0.39 is 0 Å². The number of allylic oxidation sites excluding steroid dienone is 9. The Kier molecular flexibility index (Phi) is 7.64. The molecular weight excluding hydrogens is 683 g/mol. The predicted octanol–water partition coefficient (Wildman–Crippen LogP) is 13.3. The molecule has 56 heavy (non-hydrogen) atoms. The third-order valence-electron chi connectivity index (χ3n) is 11.2. The molecule has 0 saturated carbocycles. The van der Waals surface area contributed by atoms with Gasteiger partial charge in [-0.05, 0) is 90.6 Å². The summed E-state index contributed by atoms with van der Waals surface area (Å²) in [6, 6.07) is 41.3. The highest BCUT2D eigenvalue weighted by molar-refractivity contribution is 6.20. The van der Waals surface area contributed by atoms with Crippen LogP contribution in [0.2, 0.25) is 0 Å². The Bertz CT molecular complexity index is 3080. The molecule has 0 amide bonds. The summed E-state index contributed by atoms with van der Waals surface area (Å²) in [7, 11) is 0. The van der Waals surface area contributed by atoms with Crippen LogP contribution in [0, 0.1) is 0 Å². The van der Waals surface area contributed by atoms with Crippen LogP contribution in [0.25, 0.3) is 89.3 Å². The maximum Gasteiger partial charge on any atom is 0.160 e. The normalized spacial score (nSPS) is 14.5. The number of benzene rings is 5. The van der Waals surface area contributed by atoms with Crippen molar-refractivity contribution in [3.05, 3.63) is 192 Å². The molecule has 0 N–H and O–H groups in total. The Morgan fingerprint density at radius 3 is 2.09 bits per heavy atom. The highest BCUT2D eigenvalue weighted by Crippen LogP contribution is 2.47. The minimum atomic E-state index is 0.671.